The number of nitrogens with one attached hydrogen (secondary N) is 1. The Labute approximate surface area is 81.7 Å². The quantitative estimate of drug-likeness (QED) is 0.618. The van der Waals surface area contributed by atoms with Gasteiger partial charge >= 0.3 is 0 Å². The summed E-state index contributed by atoms with van der Waals surface area (Å²) < 4.78 is 0. The number of rotatable bonds is 0. The summed E-state index contributed by atoms with van der Waals surface area (Å²) in [5, 5.41) is 3.64. The summed E-state index contributed by atoms with van der Waals surface area (Å²) >= 11 is 0. The van der Waals surface area contributed by atoms with Gasteiger partial charge in [0.2, 0.25) is 0 Å². The van der Waals surface area contributed by atoms with Gasteiger partial charge in [-0.3, -0.25) is 0 Å². The molecule has 2 rings (SSSR count). The predicted molar refractivity (Wildman–Crippen MR) is 54.8 cm³/mol. The van der Waals surface area contributed by atoms with Crippen molar-refractivity contribution >= 4 is 12.4 Å². The molecule has 0 aromatic rings. The van der Waals surface area contributed by atoms with Crippen LogP contribution in [0.1, 0.15) is 39.0 Å². The molecule has 0 spiro atoms. The van der Waals surface area contributed by atoms with Gasteiger partial charge in [0.1, 0.15) is 0 Å². The maximum Gasteiger partial charge on any atom is 0.00955 e. The van der Waals surface area contributed by atoms with Gasteiger partial charge in [-0.05, 0) is 50.5 Å². The van der Waals surface area contributed by atoms with Crippen molar-refractivity contribution in [1.82, 2.24) is 5.32 Å². The molecule has 72 valence electrons. The molecule has 1 saturated carbocycles. The average Bonchev–Trinajstić information content (AvgIpc) is 2.04. The van der Waals surface area contributed by atoms with Crippen molar-refractivity contribution in [3.63, 3.8) is 0 Å². The Balaban J connectivity index is 0.000000720. The van der Waals surface area contributed by atoms with E-state index in [4.69, 9.17) is 0 Å². The van der Waals surface area contributed by atoms with Gasteiger partial charge in [-0.2, -0.15) is 0 Å². The lowest BCUT2D eigenvalue weighted by Gasteiger charge is -2.38. The standard InChI is InChI=1S/C10H19N.ClH/c1-8-4-5-10-9(7-8)3-2-6-11-10;/h8-11H,2-7H2,1H3;1H. The second-order valence-electron chi connectivity index (χ2n) is 4.38. The van der Waals surface area contributed by atoms with E-state index in [1.165, 1.54) is 38.6 Å². The Morgan fingerprint density at radius 3 is 2.83 bits per heavy atom. The molecule has 12 heavy (non-hydrogen) atoms. The highest BCUT2D eigenvalue weighted by Crippen LogP contribution is 2.33. The second kappa shape index (κ2) is 4.48. The van der Waals surface area contributed by atoms with Crippen LogP contribution in [0, 0.1) is 11.8 Å². The third kappa shape index (κ3) is 2.14. The summed E-state index contributed by atoms with van der Waals surface area (Å²) in [6.07, 6.45) is 7.27. The van der Waals surface area contributed by atoms with Gasteiger partial charge < -0.3 is 5.32 Å². The van der Waals surface area contributed by atoms with Crippen molar-refractivity contribution in [3.05, 3.63) is 0 Å². The SMILES string of the molecule is CC1CCC2NCCCC2C1.Cl. The van der Waals surface area contributed by atoms with Crippen LogP contribution in [0.25, 0.3) is 0 Å². The monoisotopic (exact) mass is 189 g/mol. The minimum Gasteiger partial charge on any atom is -0.314 e. The molecule has 1 N–H and O–H groups in total. The van der Waals surface area contributed by atoms with Crippen LogP contribution >= 0.6 is 12.4 Å². The van der Waals surface area contributed by atoms with Crippen LogP contribution in [-0.2, 0) is 0 Å². The first kappa shape index (κ1) is 10.3. The first-order valence-electron chi connectivity index (χ1n) is 5.09. The third-order valence-electron chi connectivity index (χ3n) is 3.40. The lowest BCUT2D eigenvalue weighted by Crippen LogP contribution is -2.44. The van der Waals surface area contributed by atoms with E-state index in [2.05, 4.69) is 12.2 Å². The first-order valence-corrected chi connectivity index (χ1v) is 5.09. The van der Waals surface area contributed by atoms with E-state index in [0.29, 0.717) is 0 Å². The summed E-state index contributed by atoms with van der Waals surface area (Å²) in [6.45, 7) is 3.68. The van der Waals surface area contributed by atoms with E-state index >= 15 is 0 Å². The summed E-state index contributed by atoms with van der Waals surface area (Å²) in [4.78, 5) is 0. The van der Waals surface area contributed by atoms with E-state index in [9.17, 15) is 0 Å². The molecule has 2 heteroatoms. The van der Waals surface area contributed by atoms with Crippen LogP contribution in [0.15, 0.2) is 0 Å². The van der Waals surface area contributed by atoms with Crippen molar-refractivity contribution in [2.24, 2.45) is 11.8 Å². The van der Waals surface area contributed by atoms with Gasteiger partial charge in [0.05, 0.1) is 0 Å². The fraction of sp³-hybridized carbons (Fsp3) is 1.00. The molecule has 0 bridgehead atoms. The number of hydrogen-bond donors (Lipinski definition) is 1. The molecule has 0 radical (unpaired) electrons. The fourth-order valence-corrected chi connectivity index (χ4v) is 2.74. The highest BCUT2D eigenvalue weighted by molar-refractivity contribution is 5.85. The number of fused-ring (bicyclic) bond motifs is 1. The molecule has 1 nitrogen and oxygen atoms in total. The zero-order chi connectivity index (χ0) is 7.68. The maximum absolute atomic E-state index is 3.64. The number of piperidine rings is 1. The van der Waals surface area contributed by atoms with E-state index in [1.54, 1.807) is 0 Å². The Kier molecular flexibility index (Phi) is 3.85. The third-order valence-corrected chi connectivity index (χ3v) is 3.40. The maximum atomic E-state index is 3.64. The largest absolute Gasteiger partial charge is 0.314 e. The van der Waals surface area contributed by atoms with Crippen LogP contribution < -0.4 is 5.32 Å². The molecule has 0 amide bonds. The molecule has 2 aliphatic rings. The van der Waals surface area contributed by atoms with Crippen LogP contribution in [0.3, 0.4) is 0 Å². The minimum atomic E-state index is 0. The minimum absolute atomic E-state index is 0. The Bertz CT molecular complexity index is 138. The van der Waals surface area contributed by atoms with Crippen molar-refractivity contribution in [3.8, 4) is 0 Å². The molecule has 0 aromatic carbocycles. The second-order valence-corrected chi connectivity index (χ2v) is 4.38. The van der Waals surface area contributed by atoms with Crippen molar-refractivity contribution in [2.45, 2.75) is 45.1 Å². The predicted octanol–water partition coefficient (Wildman–Crippen LogP) is 2.60. The van der Waals surface area contributed by atoms with Gasteiger partial charge in [-0.15, -0.1) is 12.4 Å². The summed E-state index contributed by atoms with van der Waals surface area (Å²) in [6, 6.07) is 0.889. The molecule has 1 aliphatic heterocycles. The molecule has 1 aliphatic carbocycles. The van der Waals surface area contributed by atoms with Gasteiger partial charge in [0, 0.05) is 6.04 Å². The molecule has 3 atom stereocenters. The Morgan fingerprint density at radius 2 is 2.00 bits per heavy atom. The molecular formula is C10H20ClN. The topological polar surface area (TPSA) is 12.0 Å². The zero-order valence-corrected chi connectivity index (χ0v) is 8.70. The average molecular weight is 190 g/mol. The lowest BCUT2D eigenvalue weighted by atomic mass is 9.75. The molecule has 1 heterocycles. The highest BCUT2D eigenvalue weighted by atomic mass is 35.5. The van der Waals surface area contributed by atoms with Crippen LogP contribution in [-0.4, -0.2) is 12.6 Å². The fourth-order valence-electron chi connectivity index (χ4n) is 2.74. The summed E-state index contributed by atoms with van der Waals surface area (Å²) in [7, 11) is 0. The van der Waals surface area contributed by atoms with E-state index in [1.807, 2.05) is 0 Å². The normalized spacial score (nSPS) is 41.2. The van der Waals surface area contributed by atoms with E-state index in [0.717, 1.165) is 17.9 Å². The first-order chi connectivity index (χ1) is 5.36. The molecule has 1 saturated heterocycles. The Hall–Kier alpha value is 0.250. The van der Waals surface area contributed by atoms with Crippen LogP contribution in [0.5, 0.6) is 0 Å². The van der Waals surface area contributed by atoms with Crippen molar-refractivity contribution in [1.29, 1.82) is 0 Å². The summed E-state index contributed by atoms with van der Waals surface area (Å²) in [5.74, 6) is 2.02. The lowest BCUT2D eigenvalue weighted by molar-refractivity contribution is 0.173. The highest BCUT2D eigenvalue weighted by Gasteiger charge is 2.29. The van der Waals surface area contributed by atoms with Crippen LogP contribution in [0.4, 0.5) is 0 Å². The van der Waals surface area contributed by atoms with Gasteiger partial charge in [-0.25, -0.2) is 0 Å². The molecule has 0 aromatic heterocycles. The smallest absolute Gasteiger partial charge is 0.00955 e. The molecular weight excluding hydrogens is 170 g/mol. The molecule has 3 unspecified atom stereocenters. The molecule has 2 fully saturated rings. The van der Waals surface area contributed by atoms with E-state index in [-0.39, 0.29) is 12.4 Å². The van der Waals surface area contributed by atoms with Gasteiger partial charge in [0.15, 0.2) is 0 Å². The summed E-state index contributed by atoms with van der Waals surface area (Å²) in [5.41, 5.74) is 0. The number of halogens is 1. The van der Waals surface area contributed by atoms with Crippen molar-refractivity contribution in [2.75, 3.05) is 6.54 Å². The Morgan fingerprint density at radius 1 is 1.17 bits per heavy atom. The zero-order valence-electron chi connectivity index (χ0n) is 7.88. The van der Waals surface area contributed by atoms with E-state index < -0.39 is 0 Å². The van der Waals surface area contributed by atoms with Gasteiger partial charge in [0.25, 0.3) is 0 Å². The number of hydrogen-bond acceptors (Lipinski definition) is 1. The van der Waals surface area contributed by atoms with Crippen molar-refractivity contribution < 1.29 is 0 Å². The van der Waals surface area contributed by atoms with Gasteiger partial charge in [-0.1, -0.05) is 6.92 Å². The van der Waals surface area contributed by atoms with Crippen LogP contribution in [0.2, 0.25) is 0 Å².